The summed E-state index contributed by atoms with van der Waals surface area (Å²) in [7, 11) is -2.99. The maximum Gasteiger partial charge on any atom is 0.330 e. The zero-order chi connectivity index (χ0) is 15.2. The molecule has 0 bridgehead atoms. The lowest BCUT2D eigenvalue weighted by atomic mass is 10.0. The molecule has 0 aromatic rings. The molecule has 19 heavy (non-hydrogen) atoms. The average molecular weight is 295 g/mol. The molecule has 0 aliphatic rings. The third-order valence-electron chi connectivity index (χ3n) is 2.47. The van der Waals surface area contributed by atoms with Crippen molar-refractivity contribution in [1.82, 2.24) is 0 Å². The molecule has 116 valence electrons. The van der Waals surface area contributed by atoms with Crippen molar-refractivity contribution in [3.05, 3.63) is 0 Å². The summed E-state index contributed by atoms with van der Waals surface area (Å²) < 4.78 is 28.7. The minimum atomic E-state index is -2.99. The minimum absolute atomic E-state index is 0.354. The van der Waals surface area contributed by atoms with Crippen molar-refractivity contribution in [3.8, 4) is 0 Å². The fraction of sp³-hybridized carbons (Fsp3) is 1.00. The fourth-order valence-electron chi connectivity index (χ4n) is 1.42. The van der Waals surface area contributed by atoms with E-state index in [0.717, 1.165) is 0 Å². The summed E-state index contributed by atoms with van der Waals surface area (Å²) in [5, 5.41) is 0. The lowest BCUT2D eigenvalue weighted by Crippen LogP contribution is -2.41. The van der Waals surface area contributed by atoms with Gasteiger partial charge in [0.1, 0.15) is 0 Å². The molecule has 0 rings (SSSR count). The Hall–Kier alpha value is 0.0700. The van der Waals surface area contributed by atoms with E-state index in [-0.39, 0.29) is 5.54 Å². The van der Waals surface area contributed by atoms with Gasteiger partial charge in [-0.15, -0.1) is 0 Å². The Kier molecular flexibility index (Phi) is 7.78. The SMILES string of the molecule is CCOP(=O)(CCC(C)(C)OCC(C)(C)N)OCC. The second kappa shape index (κ2) is 7.75. The van der Waals surface area contributed by atoms with Gasteiger partial charge in [-0.05, 0) is 48.0 Å². The van der Waals surface area contributed by atoms with Crippen molar-refractivity contribution in [2.24, 2.45) is 5.73 Å². The van der Waals surface area contributed by atoms with E-state index in [0.29, 0.717) is 32.4 Å². The van der Waals surface area contributed by atoms with Crippen LogP contribution in [0.4, 0.5) is 0 Å². The summed E-state index contributed by atoms with van der Waals surface area (Å²) >= 11 is 0. The first-order valence-corrected chi connectivity index (χ1v) is 8.57. The molecule has 2 N–H and O–H groups in total. The van der Waals surface area contributed by atoms with E-state index in [4.69, 9.17) is 19.5 Å². The smallest absolute Gasteiger partial charge is 0.330 e. The molecule has 0 radical (unpaired) electrons. The maximum absolute atomic E-state index is 12.3. The van der Waals surface area contributed by atoms with Crippen molar-refractivity contribution in [3.63, 3.8) is 0 Å². The van der Waals surface area contributed by atoms with Crippen molar-refractivity contribution >= 4 is 7.60 Å². The van der Waals surface area contributed by atoms with Gasteiger partial charge >= 0.3 is 7.60 Å². The normalized spacial score (nSPS) is 13.8. The summed E-state index contributed by atoms with van der Waals surface area (Å²) in [4.78, 5) is 0. The number of hydrogen-bond acceptors (Lipinski definition) is 5. The van der Waals surface area contributed by atoms with Gasteiger partial charge in [-0.3, -0.25) is 4.57 Å². The third kappa shape index (κ3) is 9.58. The molecule has 0 spiro atoms. The standard InChI is InChI=1S/C13H30NO4P/c1-7-17-19(15,18-8-2)10-9-13(5,6)16-11-12(3,4)14/h7-11,14H2,1-6H3. The molecule has 0 aliphatic heterocycles. The summed E-state index contributed by atoms with van der Waals surface area (Å²) in [5.74, 6) is 0. The van der Waals surface area contributed by atoms with Gasteiger partial charge in [0.25, 0.3) is 0 Å². The molecule has 6 heteroatoms. The Morgan fingerprint density at radius 3 is 1.89 bits per heavy atom. The van der Waals surface area contributed by atoms with E-state index in [2.05, 4.69) is 0 Å². The number of nitrogens with two attached hydrogens (primary N) is 1. The summed E-state index contributed by atoms with van der Waals surface area (Å²) in [5.41, 5.74) is 5.11. The van der Waals surface area contributed by atoms with Crippen LogP contribution < -0.4 is 5.73 Å². The first-order chi connectivity index (χ1) is 8.54. The van der Waals surface area contributed by atoms with Gasteiger partial charge in [-0.2, -0.15) is 0 Å². The van der Waals surface area contributed by atoms with Gasteiger partial charge in [-0.25, -0.2) is 0 Å². The monoisotopic (exact) mass is 295 g/mol. The van der Waals surface area contributed by atoms with E-state index < -0.39 is 13.2 Å². The molecule has 5 nitrogen and oxygen atoms in total. The molecule has 0 heterocycles. The largest absolute Gasteiger partial charge is 0.374 e. The highest BCUT2D eigenvalue weighted by atomic mass is 31.2. The first kappa shape index (κ1) is 19.1. The lowest BCUT2D eigenvalue weighted by molar-refractivity contribution is -0.0387. The highest BCUT2D eigenvalue weighted by Crippen LogP contribution is 2.49. The fourth-order valence-corrected chi connectivity index (χ4v) is 3.35. The van der Waals surface area contributed by atoms with Gasteiger partial charge in [0.05, 0.1) is 31.6 Å². The van der Waals surface area contributed by atoms with E-state index in [1.54, 1.807) is 0 Å². The second-order valence-electron chi connectivity index (χ2n) is 5.96. The van der Waals surface area contributed by atoms with Crippen LogP contribution in [0.2, 0.25) is 0 Å². The van der Waals surface area contributed by atoms with Crippen LogP contribution in [0.15, 0.2) is 0 Å². The van der Waals surface area contributed by atoms with E-state index >= 15 is 0 Å². The molecule has 0 unspecified atom stereocenters. The van der Waals surface area contributed by atoms with E-state index in [1.165, 1.54) is 0 Å². The summed E-state index contributed by atoms with van der Waals surface area (Å²) in [6.45, 7) is 12.6. The minimum Gasteiger partial charge on any atom is -0.374 e. The van der Waals surface area contributed by atoms with Gasteiger partial charge < -0.3 is 19.5 Å². The van der Waals surface area contributed by atoms with E-state index in [1.807, 2.05) is 41.5 Å². The van der Waals surface area contributed by atoms with Crippen LogP contribution in [0.1, 0.15) is 48.0 Å². The zero-order valence-electron chi connectivity index (χ0n) is 13.2. The predicted molar refractivity (Wildman–Crippen MR) is 78.6 cm³/mol. The molecule has 0 fully saturated rings. The van der Waals surface area contributed by atoms with Crippen molar-refractivity contribution < 1.29 is 18.3 Å². The second-order valence-corrected chi connectivity index (χ2v) is 8.14. The molecule has 0 aromatic heterocycles. The first-order valence-electron chi connectivity index (χ1n) is 6.84. The van der Waals surface area contributed by atoms with Gasteiger partial charge in [-0.1, -0.05) is 0 Å². The van der Waals surface area contributed by atoms with Crippen molar-refractivity contribution in [2.45, 2.75) is 59.1 Å². The Morgan fingerprint density at radius 1 is 1.05 bits per heavy atom. The Bertz CT molecular complexity index is 290. The van der Waals surface area contributed by atoms with Crippen molar-refractivity contribution in [1.29, 1.82) is 0 Å². The third-order valence-corrected chi connectivity index (χ3v) is 4.55. The van der Waals surface area contributed by atoms with Crippen LogP contribution in [-0.2, 0) is 18.3 Å². The number of rotatable bonds is 10. The van der Waals surface area contributed by atoms with Crippen LogP contribution >= 0.6 is 7.60 Å². The number of ether oxygens (including phenoxy) is 1. The molecule has 0 saturated carbocycles. The summed E-state index contributed by atoms with van der Waals surface area (Å²) in [6, 6.07) is 0. The van der Waals surface area contributed by atoms with Gasteiger partial charge in [0.15, 0.2) is 0 Å². The van der Waals surface area contributed by atoms with Crippen LogP contribution in [0.25, 0.3) is 0 Å². The van der Waals surface area contributed by atoms with Crippen LogP contribution in [-0.4, -0.2) is 37.1 Å². The highest BCUT2D eigenvalue weighted by molar-refractivity contribution is 7.53. The quantitative estimate of drug-likeness (QED) is 0.627. The zero-order valence-corrected chi connectivity index (χ0v) is 14.1. The van der Waals surface area contributed by atoms with Gasteiger partial charge in [0, 0.05) is 5.54 Å². The molecule has 0 saturated heterocycles. The van der Waals surface area contributed by atoms with Crippen LogP contribution in [0, 0.1) is 0 Å². The molecular weight excluding hydrogens is 265 g/mol. The molecule has 0 atom stereocenters. The van der Waals surface area contributed by atoms with Crippen LogP contribution in [0.3, 0.4) is 0 Å². The topological polar surface area (TPSA) is 70.8 Å². The van der Waals surface area contributed by atoms with Crippen LogP contribution in [0.5, 0.6) is 0 Å². The van der Waals surface area contributed by atoms with Gasteiger partial charge in [0.2, 0.25) is 0 Å². The molecule has 0 aromatic carbocycles. The predicted octanol–water partition coefficient (Wildman–Crippen LogP) is 3.18. The maximum atomic E-state index is 12.3. The Labute approximate surface area is 117 Å². The Balaban J connectivity index is 4.37. The molecular formula is C13H30NO4P. The highest BCUT2D eigenvalue weighted by Gasteiger charge is 2.29. The molecule has 0 aliphatic carbocycles. The average Bonchev–Trinajstić information content (AvgIpc) is 2.24. The summed E-state index contributed by atoms with van der Waals surface area (Å²) in [6.07, 6.45) is 0.951. The van der Waals surface area contributed by atoms with E-state index in [9.17, 15) is 4.57 Å². The van der Waals surface area contributed by atoms with Crippen molar-refractivity contribution in [2.75, 3.05) is 26.0 Å². The Morgan fingerprint density at radius 2 is 1.53 bits per heavy atom. The number of hydrogen-bond donors (Lipinski definition) is 1. The molecule has 0 amide bonds. The lowest BCUT2D eigenvalue weighted by Gasteiger charge is -2.30.